The zero-order valence-corrected chi connectivity index (χ0v) is 9.67. The van der Waals surface area contributed by atoms with Crippen molar-refractivity contribution < 1.29 is 0 Å². The first-order valence-electron chi connectivity index (χ1n) is 4.56. The van der Waals surface area contributed by atoms with Crippen LogP contribution in [0.2, 0.25) is 12.1 Å². The number of hydrogen-bond acceptors (Lipinski definition) is 1. The third-order valence-corrected chi connectivity index (χ3v) is 7.06. The molecule has 0 aromatic carbocycles. The lowest BCUT2D eigenvalue weighted by Crippen LogP contribution is -2.42. The summed E-state index contributed by atoms with van der Waals surface area (Å²) in [6, 6.07) is 2.42. The Morgan fingerprint density at radius 2 is 1.82 bits per heavy atom. The molecular weight excluding hydrogens is 174 g/mol. The van der Waals surface area contributed by atoms with E-state index in [1.54, 1.807) is 0 Å². The van der Waals surface area contributed by atoms with Crippen LogP contribution in [-0.2, 0) is 0 Å². The second-order valence-electron chi connectivity index (χ2n) is 3.07. The Morgan fingerprint density at radius 1 is 1.18 bits per heavy atom. The average molecular weight is 194 g/mol. The Morgan fingerprint density at radius 3 is 2.18 bits per heavy atom. The SMILES string of the molecule is CCCC[Si](Cl)(CCC)NC. The van der Waals surface area contributed by atoms with Crippen LogP contribution in [0.15, 0.2) is 0 Å². The van der Waals surface area contributed by atoms with Crippen LogP contribution in [0.4, 0.5) is 0 Å². The van der Waals surface area contributed by atoms with Crippen molar-refractivity contribution in [3.05, 3.63) is 0 Å². The molecule has 0 rings (SSSR count). The van der Waals surface area contributed by atoms with Gasteiger partial charge in [-0.2, -0.15) is 0 Å². The number of unbranched alkanes of at least 4 members (excludes halogenated alkanes) is 1. The Kier molecular flexibility index (Phi) is 6.29. The third kappa shape index (κ3) is 4.83. The van der Waals surface area contributed by atoms with Crippen LogP contribution >= 0.6 is 11.1 Å². The molecule has 0 aliphatic carbocycles. The normalized spacial score (nSPS) is 16.4. The van der Waals surface area contributed by atoms with Crippen molar-refractivity contribution in [2.45, 2.75) is 45.2 Å². The quantitative estimate of drug-likeness (QED) is 0.505. The molecule has 0 aliphatic heterocycles. The van der Waals surface area contributed by atoms with E-state index in [1.807, 2.05) is 7.05 Å². The lowest BCUT2D eigenvalue weighted by molar-refractivity contribution is 0.848. The summed E-state index contributed by atoms with van der Waals surface area (Å²) in [5.74, 6) is 0. The van der Waals surface area contributed by atoms with Crippen LogP contribution in [0.25, 0.3) is 0 Å². The van der Waals surface area contributed by atoms with Gasteiger partial charge >= 0.3 is 0 Å². The molecule has 0 radical (unpaired) electrons. The molecule has 0 aromatic rings. The van der Waals surface area contributed by atoms with Gasteiger partial charge in [0.1, 0.15) is 0 Å². The van der Waals surface area contributed by atoms with E-state index in [0.29, 0.717) is 0 Å². The molecule has 0 spiro atoms. The van der Waals surface area contributed by atoms with Gasteiger partial charge in [0, 0.05) is 0 Å². The van der Waals surface area contributed by atoms with E-state index < -0.39 is 7.55 Å². The van der Waals surface area contributed by atoms with Crippen LogP contribution in [0, 0.1) is 0 Å². The summed E-state index contributed by atoms with van der Waals surface area (Å²) in [5, 5.41) is 0. The number of hydrogen-bond donors (Lipinski definition) is 1. The van der Waals surface area contributed by atoms with Crippen molar-refractivity contribution in [1.82, 2.24) is 4.98 Å². The van der Waals surface area contributed by atoms with Crippen molar-refractivity contribution in [2.75, 3.05) is 7.05 Å². The van der Waals surface area contributed by atoms with E-state index in [1.165, 1.54) is 31.4 Å². The van der Waals surface area contributed by atoms with Gasteiger partial charge in [0.25, 0.3) is 0 Å². The molecule has 0 aromatic heterocycles. The van der Waals surface area contributed by atoms with Gasteiger partial charge in [-0.1, -0.05) is 33.1 Å². The van der Waals surface area contributed by atoms with Crippen LogP contribution in [0.3, 0.4) is 0 Å². The van der Waals surface area contributed by atoms with Gasteiger partial charge in [0.15, 0.2) is 0 Å². The predicted molar refractivity (Wildman–Crippen MR) is 55.5 cm³/mol. The fraction of sp³-hybridized carbons (Fsp3) is 1.00. The van der Waals surface area contributed by atoms with E-state index in [-0.39, 0.29) is 0 Å². The first-order valence-corrected chi connectivity index (χ1v) is 7.99. The van der Waals surface area contributed by atoms with Crippen molar-refractivity contribution in [1.29, 1.82) is 0 Å². The summed E-state index contributed by atoms with van der Waals surface area (Å²) in [6.45, 7) is 4.42. The molecule has 68 valence electrons. The second-order valence-corrected chi connectivity index (χ2v) is 8.67. The molecule has 0 saturated heterocycles. The number of rotatable bonds is 6. The molecule has 3 heteroatoms. The van der Waals surface area contributed by atoms with Crippen LogP contribution in [-0.4, -0.2) is 14.6 Å². The standard InChI is InChI=1S/C8H20ClNSi/c1-4-6-8-11(9,10-3)7-5-2/h10H,4-8H2,1-3H3. The van der Waals surface area contributed by atoms with E-state index in [4.69, 9.17) is 11.1 Å². The third-order valence-electron chi connectivity index (χ3n) is 2.02. The predicted octanol–water partition coefficient (Wildman–Crippen LogP) is 3.10. The number of nitrogens with one attached hydrogen (secondary N) is 1. The zero-order valence-electron chi connectivity index (χ0n) is 7.91. The minimum atomic E-state index is -1.52. The maximum Gasteiger partial charge on any atom is 0.226 e. The highest BCUT2D eigenvalue weighted by Crippen LogP contribution is 2.21. The lowest BCUT2D eigenvalue weighted by Gasteiger charge is -2.22. The van der Waals surface area contributed by atoms with E-state index in [9.17, 15) is 0 Å². The Labute approximate surface area is 76.3 Å². The van der Waals surface area contributed by atoms with Gasteiger partial charge in [0.05, 0.1) is 0 Å². The van der Waals surface area contributed by atoms with Gasteiger partial charge < -0.3 is 4.98 Å². The van der Waals surface area contributed by atoms with Crippen LogP contribution < -0.4 is 4.98 Å². The first kappa shape index (κ1) is 11.5. The Hall–Kier alpha value is 0.467. The molecule has 1 unspecified atom stereocenters. The maximum absolute atomic E-state index is 6.43. The molecular formula is C8H20ClNSi. The first-order chi connectivity index (χ1) is 5.18. The van der Waals surface area contributed by atoms with E-state index >= 15 is 0 Å². The average Bonchev–Trinajstić information content (AvgIpc) is 2.02. The molecule has 1 N–H and O–H groups in total. The molecule has 0 fully saturated rings. The molecule has 0 heterocycles. The summed E-state index contributed by atoms with van der Waals surface area (Å²) in [4.78, 5) is 3.32. The van der Waals surface area contributed by atoms with Gasteiger partial charge in [-0.05, 0) is 19.1 Å². The monoisotopic (exact) mass is 193 g/mol. The Balaban J connectivity index is 3.68. The summed E-state index contributed by atoms with van der Waals surface area (Å²) in [6.07, 6.45) is 3.74. The lowest BCUT2D eigenvalue weighted by atomic mass is 10.4. The Bertz CT molecular complexity index is 100. The van der Waals surface area contributed by atoms with Gasteiger partial charge in [-0.25, -0.2) is 0 Å². The molecule has 0 saturated carbocycles. The van der Waals surface area contributed by atoms with Crippen molar-refractivity contribution in [3.8, 4) is 0 Å². The molecule has 1 atom stereocenters. The maximum atomic E-state index is 6.43. The summed E-state index contributed by atoms with van der Waals surface area (Å²) in [7, 11) is 0.482. The van der Waals surface area contributed by atoms with Gasteiger partial charge in [0.2, 0.25) is 7.55 Å². The summed E-state index contributed by atoms with van der Waals surface area (Å²) < 4.78 is 0. The fourth-order valence-electron chi connectivity index (χ4n) is 1.23. The fourth-order valence-corrected chi connectivity index (χ4v) is 4.65. The van der Waals surface area contributed by atoms with Crippen molar-refractivity contribution >= 4 is 18.6 Å². The smallest absolute Gasteiger partial charge is 0.226 e. The summed E-state index contributed by atoms with van der Waals surface area (Å²) in [5.41, 5.74) is 0. The second kappa shape index (κ2) is 6.04. The highest BCUT2D eigenvalue weighted by atomic mass is 35.6. The number of halogens is 1. The summed E-state index contributed by atoms with van der Waals surface area (Å²) >= 11 is 6.43. The molecule has 1 nitrogen and oxygen atoms in total. The minimum Gasteiger partial charge on any atom is -0.328 e. The molecule has 11 heavy (non-hydrogen) atoms. The van der Waals surface area contributed by atoms with Gasteiger partial charge in [-0.3, -0.25) is 0 Å². The zero-order chi connectivity index (χ0) is 8.74. The van der Waals surface area contributed by atoms with E-state index in [0.717, 1.165) is 0 Å². The molecule has 0 bridgehead atoms. The van der Waals surface area contributed by atoms with E-state index in [2.05, 4.69) is 18.8 Å². The molecule has 0 amide bonds. The topological polar surface area (TPSA) is 12.0 Å². The highest BCUT2D eigenvalue weighted by Gasteiger charge is 2.26. The van der Waals surface area contributed by atoms with Crippen LogP contribution in [0.5, 0.6) is 0 Å². The van der Waals surface area contributed by atoms with Crippen LogP contribution in [0.1, 0.15) is 33.1 Å². The van der Waals surface area contributed by atoms with Crippen molar-refractivity contribution in [2.24, 2.45) is 0 Å². The molecule has 0 aliphatic rings. The van der Waals surface area contributed by atoms with Gasteiger partial charge in [-0.15, -0.1) is 11.1 Å². The highest BCUT2D eigenvalue weighted by molar-refractivity contribution is 7.18. The van der Waals surface area contributed by atoms with Crippen molar-refractivity contribution in [3.63, 3.8) is 0 Å². The minimum absolute atomic E-state index is 1.20. The largest absolute Gasteiger partial charge is 0.328 e.